The average molecular weight is 415 g/mol. The van der Waals surface area contributed by atoms with Crippen molar-refractivity contribution in [1.82, 2.24) is 5.16 Å². The molecule has 1 heterocycles. The zero-order chi connectivity index (χ0) is 21.2. The molecule has 0 radical (unpaired) electrons. The number of hydrogen-bond acceptors (Lipinski definition) is 6. The molecule has 2 aromatic carbocycles. The molecule has 1 aromatic heterocycles. The summed E-state index contributed by atoms with van der Waals surface area (Å²) in [5, 5.41) is 6.46. The van der Waals surface area contributed by atoms with E-state index in [1.54, 1.807) is 57.2 Å². The smallest absolute Gasteiger partial charge is 0.262 e. The van der Waals surface area contributed by atoms with E-state index in [1.807, 2.05) is 0 Å². The molecule has 0 bridgehead atoms. The predicted octanol–water partition coefficient (Wildman–Crippen LogP) is 3.66. The van der Waals surface area contributed by atoms with E-state index in [1.165, 1.54) is 13.2 Å². The van der Waals surface area contributed by atoms with Gasteiger partial charge in [-0.05, 0) is 62.7 Å². The van der Waals surface area contributed by atoms with Gasteiger partial charge < -0.3 is 14.6 Å². The molecule has 9 heteroatoms. The Balaban J connectivity index is 1.86. The lowest BCUT2D eigenvalue weighted by Crippen LogP contribution is -2.17. The van der Waals surface area contributed by atoms with Crippen LogP contribution in [0.25, 0.3) is 0 Å². The molecular weight excluding hydrogens is 394 g/mol. The zero-order valence-corrected chi connectivity index (χ0v) is 17.3. The summed E-state index contributed by atoms with van der Waals surface area (Å²) in [6, 6.07) is 11.2. The Hall–Kier alpha value is -3.33. The van der Waals surface area contributed by atoms with Gasteiger partial charge in [-0.1, -0.05) is 11.2 Å². The first-order valence-electron chi connectivity index (χ1n) is 8.73. The van der Waals surface area contributed by atoms with Crippen molar-refractivity contribution in [2.75, 3.05) is 17.1 Å². The number of hydrogen-bond donors (Lipinski definition) is 2. The van der Waals surface area contributed by atoms with Gasteiger partial charge in [-0.25, -0.2) is 8.42 Å². The Morgan fingerprint density at radius 3 is 2.28 bits per heavy atom. The van der Waals surface area contributed by atoms with Crippen LogP contribution in [-0.4, -0.2) is 26.6 Å². The van der Waals surface area contributed by atoms with E-state index in [4.69, 9.17) is 9.26 Å². The minimum absolute atomic E-state index is 0.0601. The molecule has 3 rings (SSSR count). The summed E-state index contributed by atoms with van der Waals surface area (Å²) in [5.74, 6) is 0.589. The van der Waals surface area contributed by atoms with Crippen LogP contribution >= 0.6 is 0 Å². The number of carbonyl (C=O) groups is 1. The summed E-state index contributed by atoms with van der Waals surface area (Å²) in [5.41, 5.74) is 2.07. The van der Waals surface area contributed by atoms with Crippen LogP contribution < -0.4 is 14.8 Å². The van der Waals surface area contributed by atoms with Crippen LogP contribution in [0.15, 0.2) is 51.9 Å². The second-order valence-electron chi connectivity index (χ2n) is 6.47. The fourth-order valence-corrected chi connectivity index (χ4v) is 4.17. The van der Waals surface area contributed by atoms with Gasteiger partial charge in [0.05, 0.1) is 17.7 Å². The molecule has 0 unspecified atom stereocenters. The van der Waals surface area contributed by atoms with Crippen LogP contribution in [0, 0.1) is 20.8 Å². The number of methoxy groups -OCH3 is 1. The SMILES string of the molecule is COc1ccc(NS(=O)(=O)c2cc(NC(=O)c3c(C)noc3C)ccc2C)cc1. The van der Waals surface area contributed by atoms with Crippen molar-refractivity contribution < 1.29 is 22.5 Å². The number of nitrogens with one attached hydrogen (secondary N) is 2. The molecule has 8 nitrogen and oxygen atoms in total. The number of anilines is 2. The molecule has 1 amide bonds. The van der Waals surface area contributed by atoms with Crippen molar-refractivity contribution in [2.24, 2.45) is 0 Å². The van der Waals surface area contributed by atoms with E-state index in [0.29, 0.717) is 39.7 Å². The first-order chi connectivity index (χ1) is 13.7. The first kappa shape index (κ1) is 20.4. The fraction of sp³-hybridized carbons (Fsp3) is 0.200. The molecule has 0 spiro atoms. The van der Waals surface area contributed by atoms with E-state index in [0.717, 1.165) is 0 Å². The third-order valence-corrected chi connectivity index (χ3v) is 5.86. The number of aromatic nitrogens is 1. The molecule has 0 saturated heterocycles. The molecule has 0 aliphatic heterocycles. The van der Waals surface area contributed by atoms with Gasteiger partial charge in [-0.15, -0.1) is 0 Å². The maximum atomic E-state index is 12.9. The summed E-state index contributed by atoms with van der Waals surface area (Å²) in [6.45, 7) is 4.98. The van der Waals surface area contributed by atoms with Gasteiger partial charge in [0.1, 0.15) is 17.1 Å². The van der Waals surface area contributed by atoms with E-state index in [9.17, 15) is 13.2 Å². The number of aryl methyl sites for hydroxylation is 3. The molecule has 0 saturated carbocycles. The van der Waals surface area contributed by atoms with E-state index >= 15 is 0 Å². The molecule has 0 aliphatic rings. The molecule has 152 valence electrons. The van der Waals surface area contributed by atoms with Crippen LogP contribution in [0.3, 0.4) is 0 Å². The molecular formula is C20H21N3O5S. The Morgan fingerprint density at radius 1 is 1.03 bits per heavy atom. The van der Waals surface area contributed by atoms with Gasteiger partial charge >= 0.3 is 0 Å². The minimum Gasteiger partial charge on any atom is -0.497 e. The number of carbonyl (C=O) groups excluding carboxylic acids is 1. The second-order valence-corrected chi connectivity index (χ2v) is 8.12. The Bertz CT molecular complexity index is 1130. The molecule has 3 aromatic rings. The van der Waals surface area contributed by atoms with Crippen LogP contribution in [0.4, 0.5) is 11.4 Å². The van der Waals surface area contributed by atoms with Crippen LogP contribution in [0.5, 0.6) is 5.75 Å². The van der Waals surface area contributed by atoms with Crippen LogP contribution in [0.2, 0.25) is 0 Å². The fourth-order valence-electron chi connectivity index (χ4n) is 2.84. The van der Waals surface area contributed by atoms with Crippen molar-refractivity contribution in [2.45, 2.75) is 25.7 Å². The summed E-state index contributed by atoms with van der Waals surface area (Å²) >= 11 is 0. The monoisotopic (exact) mass is 415 g/mol. The Kier molecular flexibility index (Phi) is 5.60. The largest absolute Gasteiger partial charge is 0.497 e. The van der Waals surface area contributed by atoms with Gasteiger partial charge in [-0.3, -0.25) is 9.52 Å². The molecule has 29 heavy (non-hydrogen) atoms. The first-order valence-corrected chi connectivity index (χ1v) is 10.2. The summed E-state index contributed by atoms with van der Waals surface area (Å²) in [7, 11) is -2.33. The summed E-state index contributed by atoms with van der Waals surface area (Å²) in [4.78, 5) is 12.6. The molecule has 0 fully saturated rings. The van der Waals surface area contributed by atoms with E-state index < -0.39 is 15.9 Å². The predicted molar refractivity (Wildman–Crippen MR) is 109 cm³/mol. The van der Waals surface area contributed by atoms with E-state index in [2.05, 4.69) is 15.2 Å². The lowest BCUT2D eigenvalue weighted by molar-refractivity contribution is 0.102. The molecule has 2 N–H and O–H groups in total. The number of amides is 1. The van der Waals surface area contributed by atoms with Crippen molar-refractivity contribution in [3.05, 3.63) is 65.0 Å². The standard InChI is InChI=1S/C20H21N3O5S/c1-12-5-6-16(21-20(24)19-13(2)22-28-14(19)3)11-18(12)29(25,26)23-15-7-9-17(27-4)10-8-15/h5-11,23H,1-4H3,(H,21,24). The Morgan fingerprint density at radius 2 is 1.69 bits per heavy atom. The summed E-state index contributed by atoms with van der Waals surface area (Å²) < 4.78 is 38.4. The van der Waals surface area contributed by atoms with Crippen molar-refractivity contribution in [1.29, 1.82) is 0 Å². The zero-order valence-electron chi connectivity index (χ0n) is 16.4. The minimum atomic E-state index is -3.86. The van der Waals surface area contributed by atoms with Crippen molar-refractivity contribution in [3.63, 3.8) is 0 Å². The highest BCUT2D eigenvalue weighted by molar-refractivity contribution is 7.92. The number of benzene rings is 2. The highest BCUT2D eigenvalue weighted by Gasteiger charge is 2.21. The summed E-state index contributed by atoms with van der Waals surface area (Å²) in [6.07, 6.45) is 0. The van der Waals surface area contributed by atoms with Gasteiger partial charge in [-0.2, -0.15) is 0 Å². The van der Waals surface area contributed by atoms with Gasteiger partial charge in [0.2, 0.25) is 0 Å². The van der Waals surface area contributed by atoms with Gasteiger partial charge in [0.25, 0.3) is 15.9 Å². The lowest BCUT2D eigenvalue weighted by atomic mass is 10.1. The number of sulfonamides is 1. The molecule has 0 atom stereocenters. The maximum absolute atomic E-state index is 12.9. The highest BCUT2D eigenvalue weighted by Crippen LogP contribution is 2.25. The Labute approximate surface area is 168 Å². The quantitative estimate of drug-likeness (QED) is 0.636. The number of rotatable bonds is 6. The van der Waals surface area contributed by atoms with Crippen molar-refractivity contribution >= 4 is 27.3 Å². The van der Waals surface area contributed by atoms with Crippen LogP contribution in [0.1, 0.15) is 27.4 Å². The highest BCUT2D eigenvalue weighted by atomic mass is 32.2. The molecule has 0 aliphatic carbocycles. The second kappa shape index (κ2) is 7.96. The van der Waals surface area contributed by atoms with Crippen molar-refractivity contribution in [3.8, 4) is 5.75 Å². The third kappa shape index (κ3) is 4.40. The lowest BCUT2D eigenvalue weighted by Gasteiger charge is -2.13. The number of nitrogens with zero attached hydrogens (tertiary/aromatic N) is 1. The third-order valence-electron chi connectivity index (χ3n) is 4.34. The maximum Gasteiger partial charge on any atom is 0.262 e. The number of ether oxygens (including phenoxy) is 1. The van der Waals surface area contributed by atoms with Gasteiger partial charge in [0.15, 0.2) is 0 Å². The average Bonchev–Trinajstić information content (AvgIpc) is 3.02. The topological polar surface area (TPSA) is 111 Å². The normalized spacial score (nSPS) is 11.2. The van der Waals surface area contributed by atoms with Gasteiger partial charge in [0, 0.05) is 11.4 Å². The van der Waals surface area contributed by atoms with E-state index in [-0.39, 0.29) is 4.90 Å². The van der Waals surface area contributed by atoms with Crippen LogP contribution in [-0.2, 0) is 10.0 Å².